The quantitative estimate of drug-likeness (QED) is 0.233. The van der Waals surface area contributed by atoms with Crippen LogP contribution < -0.4 is 10.6 Å². The highest BCUT2D eigenvalue weighted by molar-refractivity contribution is 14.0. The number of guanidine groups is 1. The summed E-state index contributed by atoms with van der Waals surface area (Å²) in [4.78, 5) is 8.44. The van der Waals surface area contributed by atoms with Crippen LogP contribution in [0.15, 0.2) is 59.9 Å². The van der Waals surface area contributed by atoms with Crippen LogP contribution in [0.3, 0.4) is 0 Å². The molecule has 0 spiro atoms. The summed E-state index contributed by atoms with van der Waals surface area (Å²) in [5.41, 5.74) is 1.60. The lowest BCUT2D eigenvalue weighted by molar-refractivity contribution is 0.598. The molecule has 0 saturated heterocycles. The normalized spacial score (nSPS) is 11.3. The zero-order chi connectivity index (χ0) is 18.2. The van der Waals surface area contributed by atoms with Crippen LogP contribution in [0.4, 0.5) is 4.39 Å². The molecule has 3 rings (SSSR count). The van der Waals surface area contributed by atoms with Crippen molar-refractivity contribution in [2.45, 2.75) is 26.4 Å². The van der Waals surface area contributed by atoms with Gasteiger partial charge in [-0.05, 0) is 43.0 Å². The van der Waals surface area contributed by atoms with Crippen molar-refractivity contribution in [1.29, 1.82) is 0 Å². The lowest BCUT2D eigenvalue weighted by atomic mass is 10.2. The van der Waals surface area contributed by atoms with E-state index in [9.17, 15) is 4.39 Å². The predicted octanol–water partition coefficient (Wildman–Crippen LogP) is 3.94. The Bertz CT molecular complexity index is 877. The Morgan fingerprint density at radius 2 is 2.00 bits per heavy atom. The number of rotatable bonds is 7. The molecule has 144 valence electrons. The number of hydrogen-bond donors (Lipinski definition) is 2. The van der Waals surface area contributed by atoms with E-state index in [0.29, 0.717) is 11.7 Å². The third kappa shape index (κ3) is 5.92. The molecule has 0 aliphatic carbocycles. The van der Waals surface area contributed by atoms with Gasteiger partial charge in [-0.2, -0.15) is 0 Å². The Hall–Kier alpha value is -2.16. The van der Waals surface area contributed by atoms with Gasteiger partial charge in [0, 0.05) is 37.5 Å². The minimum atomic E-state index is -0.327. The van der Waals surface area contributed by atoms with Crippen molar-refractivity contribution in [1.82, 2.24) is 20.2 Å². The van der Waals surface area contributed by atoms with E-state index in [1.54, 1.807) is 12.3 Å². The number of nitrogens with zero attached hydrogens (tertiary/aromatic N) is 3. The molecule has 5 nitrogen and oxygen atoms in total. The number of aliphatic imine (C=N–C) groups is 1. The summed E-state index contributed by atoms with van der Waals surface area (Å²) in [6.07, 6.45) is 4.66. The Kier molecular flexibility index (Phi) is 8.50. The zero-order valence-corrected chi connectivity index (χ0v) is 17.7. The van der Waals surface area contributed by atoms with Crippen LogP contribution in [0.5, 0.6) is 0 Å². The highest BCUT2D eigenvalue weighted by Gasteiger charge is 2.03. The van der Waals surface area contributed by atoms with Gasteiger partial charge < -0.3 is 15.2 Å². The first kappa shape index (κ1) is 21.1. The molecular formula is C20H25FIN5. The van der Waals surface area contributed by atoms with E-state index in [0.717, 1.165) is 26.1 Å². The monoisotopic (exact) mass is 481 g/mol. The largest absolute Gasteiger partial charge is 0.357 e. The molecule has 1 aromatic carbocycles. The third-order valence-electron chi connectivity index (χ3n) is 4.11. The van der Waals surface area contributed by atoms with Crippen molar-refractivity contribution < 1.29 is 4.39 Å². The number of aryl methyl sites for hydroxylation is 1. The van der Waals surface area contributed by atoms with Crippen LogP contribution in [0.25, 0.3) is 10.9 Å². The summed E-state index contributed by atoms with van der Waals surface area (Å²) in [6, 6.07) is 13.5. The summed E-state index contributed by atoms with van der Waals surface area (Å²) in [6.45, 7) is 4.67. The maximum atomic E-state index is 13.6. The van der Waals surface area contributed by atoms with Gasteiger partial charge in [-0.25, -0.2) is 9.38 Å². The summed E-state index contributed by atoms with van der Waals surface area (Å²) >= 11 is 0. The number of halogens is 2. The second-order valence-electron chi connectivity index (χ2n) is 5.98. The summed E-state index contributed by atoms with van der Waals surface area (Å²) < 4.78 is 15.9. The third-order valence-corrected chi connectivity index (χ3v) is 4.11. The van der Waals surface area contributed by atoms with Crippen molar-refractivity contribution >= 4 is 40.8 Å². The fraction of sp³-hybridized carbons (Fsp3) is 0.300. The van der Waals surface area contributed by atoms with Crippen molar-refractivity contribution in [3.8, 4) is 0 Å². The molecule has 0 aliphatic heterocycles. The molecular weight excluding hydrogens is 456 g/mol. The van der Waals surface area contributed by atoms with E-state index in [1.807, 2.05) is 6.92 Å². The maximum Gasteiger partial charge on any atom is 0.191 e. The molecule has 27 heavy (non-hydrogen) atoms. The first-order valence-corrected chi connectivity index (χ1v) is 8.93. The van der Waals surface area contributed by atoms with E-state index in [-0.39, 0.29) is 36.3 Å². The van der Waals surface area contributed by atoms with Crippen LogP contribution in [-0.2, 0) is 13.1 Å². The predicted molar refractivity (Wildman–Crippen MR) is 119 cm³/mol. The standard InChI is InChI=1S/C20H24FN5.HI/c1-2-22-20(25-15-18-17(21)8-5-11-23-18)24-12-6-13-26-14-10-16-7-3-4-9-19(16)26;/h3-5,7-11,14H,2,6,12-13,15H2,1H3,(H2,22,24,25);1H. The summed E-state index contributed by atoms with van der Waals surface area (Å²) in [7, 11) is 0. The molecule has 2 aromatic heterocycles. The van der Waals surface area contributed by atoms with Crippen molar-refractivity contribution in [3.63, 3.8) is 0 Å². The molecule has 0 amide bonds. The minimum Gasteiger partial charge on any atom is -0.357 e. The Balaban J connectivity index is 0.00000261. The number of nitrogens with one attached hydrogen (secondary N) is 2. The van der Waals surface area contributed by atoms with Crippen LogP contribution >= 0.6 is 24.0 Å². The van der Waals surface area contributed by atoms with Gasteiger partial charge in [0.2, 0.25) is 0 Å². The second kappa shape index (κ2) is 10.9. The molecule has 7 heteroatoms. The SMILES string of the molecule is CCNC(=NCc1ncccc1F)NCCCn1ccc2ccccc21.I. The molecule has 0 aliphatic rings. The average Bonchev–Trinajstić information content (AvgIpc) is 3.07. The first-order valence-electron chi connectivity index (χ1n) is 8.93. The number of hydrogen-bond acceptors (Lipinski definition) is 2. The minimum absolute atomic E-state index is 0. The van der Waals surface area contributed by atoms with Gasteiger partial charge in [-0.15, -0.1) is 24.0 Å². The van der Waals surface area contributed by atoms with Crippen molar-refractivity contribution in [3.05, 3.63) is 66.4 Å². The smallest absolute Gasteiger partial charge is 0.191 e. The number of aromatic nitrogens is 2. The van der Waals surface area contributed by atoms with Gasteiger partial charge in [-0.3, -0.25) is 4.98 Å². The Labute approximate surface area is 176 Å². The van der Waals surface area contributed by atoms with Gasteiger partial charge in [0.15, 0.2) is 5.96 Å². The Morgan fingerprint density at radius 3 is 2.81 bits per heavy atom. The molecule has 0 bridgehead atoms. The molecule has 0 unspecified atom stereocenters. The highest BCUT2D eigenvalue weighted by atomic mass is 127. The van der Waals surface area contributed by atoms with Gasteiger partial charge >= 0.3 is 0 Å². The molecule has 0 atom stereocenters. The number of fused-ring (bicyclic) bond motifs is 1. The van der Waals surface area contributed by atoms with Crippen LogP contribution in [0, 0.1) is 5.82 Å². The molecule has 0 saturated carbocycles. The van der Waals surface area contributed by atoms with E-state index < -0.39 is 0 Å². The summed E-state index contributed by atoms with van der Waals surface area (Å²) in [5, 5.41) is 7.73. The van der Waals surface area contributed by atoms with Crippen LogP contribution in [0.1, 0.15) is 19.0 Å². The van der Waals surface area contributed by atoms with Gasteiger partial charge in [0.25, 0.3) is 0 Å². The maximum absolute atomic E-state index is 13.6. The highest BCUT2D eigenvalue weighted by Crippen LogP contribution is 2.15. The fourth-order valence-electron chi connectivity index (χ4n) is 2.82. The van der Waals surface area contributed by atoms with Crippen molar-refractivity contribution in [2.75, 3.05) is 13.1 Å². The number of para-hydroxylation sites is 1. The van der Waals surface area contributed by atoms with E-state index in [1.165, 1.54) is 17.0 Å². The lowest BCUT2D eigenvalue weighted by Crippen LogP contribution is -2.38. The molecule has 0 fully saturated rings. The van der Waals surface area contributed by atoms with Crippen LogP contribution in [0.2, 0.25) is 0 Å². The van der Waals surface area contributed by atoms with Gasteiger partial charge in [-0.1, -0.05) is 18.2 Å². The molecule has 0 radical (unpaired) electrons. The lowest BCUT2D eigenvalue weighted by Gasteiger charge is -2.12. The van der Waals surface area contributed by atoms with E-state index >= 15 is 0 Å². The van der Waals surface area contributed by atoms with Crippen LogP contribution in [-0.4, -0.2) is 28.6 Å². The number of pyridine rings is 1. The second-order valence-corrected chi connectivity index (χ2v) is 5.98. The van der Waals surface area contributed by atoms with E-state index in [4.69, 9.17) is 0 Å². The molecule has 2 N–H and O–H groups in total. The topological polar surface area (TPSA) is 54.2 Å². The van der Waals surface area contributed by atoms with Gasteiger partial charge in [0.05, 0.1) is 12.2 Å². The summed E-state index contributed by atoms with van der Waals surface area (Å²) in [5.74, 6) is 0.349. The molecule has 3 aromatic rings. The first-order chi connectivity index (χ1) is 12.8. The molecule has 2 heterocycles. The zero-order valence-electron chi connectivity index (χ0n) is 15.4. The fourth-order valence-corrected chi connectivity index (χ4v) is 2.82. The van der Waals surface area contributed by atoms with Gasteiger partial charge in [0.1, 0.15) is 5.82 Å². The average molecular weight is 481 g/mol. The number of benzene rings is 1. The van der Waals surface area contributed by atoms with Crippen molar-refractivity contribution in [2.24, 2.45) is 4.99 Å². The Morgan fingerprint density at radius 1 is 1.15 bits per heavy atom. The van der Waals surface area contributed by atoms with E-state index in [2.05, 4.69) is 61.7 Å².